The fourth-order valence-electron chi connectivity index (χ4n) is 0.453. The van der Waals surface area contributed by atoms with Crippen molar-refractivity contribution in [3.8, 4) is 0 Å². The normalized spacial score (nSPS) is 7.50. The molecule has 8 heavy (non-hydrogen) atoms. The number of nitrogens with two attached hydrogens (primary N) is 1. The second-order valence-corrected chi connectivity index (χ2v) is 1.41. The van der Waals surface area contributed by atoms with Gasteiger partial charge in [-0.05, 0) is 12.1 Å². The zero-order valence-corrected chi connectivity index (χ0v) is 6.88. The molecule has 1 aromatic carbocycles. The van der Waals surface area contributed by atoms with E-state index in [0.29, 0.717) is 0 Å². The zero-order chi connectivity index (χ0) is 5.11. The van der Waals surface area contributed by atoms with E-state index in [1.54, 1.807) is 0 Å². The molecule has 2 N–H and O–H groups in total. The van der Waals surface area contributed by atoms with Gasteiger partial charge in [0.05, 0.1) is 0 Å². The van der Waals surface area contributed by atoms with Crippen molar-refractivity contribution >= 4 is 43.4 Å². The van der Waals surface area contributed by atoms with Crippen LogP contribution in [0.5, 0.6) is 0 Å². The largest absolute Gasteiger partial charge is 2.00 e. The third kappa shape index (κ3) is 2.55. The van der Waals surface area contributed by atoms with Crippen molar-refractivity contribution in [2.24, 2.45) is 0 Å². The summed E-state index contributed by atoms with van der Waals surface area (Å²) in [6.45, 7) is 0. The second kappa shape index (κ2) is 4.19. The molecule has 0 saturated carbocycles. The third-order valence-corrected chi connectivity index (χ3v) is 0.800. The number of rotatable bonds is 0. The summed E-state index contributed by atoms with van der Waals surface area (Å²) in [6.07, 6.45) is 0. The summed E-state index contributed by atoms with van der Waals surface area (Å²) < 4.78 is 0. The second-order valence-electron chi connectivity index (χ2n) is 1.41. The van der Waals surface area contributed by atoms with E-state index in [0.717, 1.165) is 5.69 Å². The van der Waals surface area contributed by atoms with Crippen molar-refractivity contribution in [1.29, 1.82) is 0 Å². The molecule has 40 valence electrons. The van der Waals surface area contributed by atoms with Gasteiger partial charge in [-0.2, -0.15) is 0 Å². The number of benzene rings is 1. The van der Waals surface area contributed by atoms with Crippen molar-refractivity contribution in [1.82, 2.24) is 0 Å². The van der Waals surface area contributed by atoms with Crippen LogP contribution in [0.25, 0.3) is 0 Å². The Bertz CT molecular complexity index is 146. The van der Waals surface area contributed by atoms with Crippen LogP contribution in [0.3, 0.4) is 0 Å². The van der Waals surface area contributed by atoms with Crippen molar-refractivity contribution in [2.45, 2.75) is 0 Å². The Morgan fingerprint density at radius 1 is 1.12 bits per heavy atom. The molecule has 0 atom stereocenters. The Morgan fingerprint density at radius 3 is 1.88 bits per heavy atom. The Morgan fingerprint density at radius 2 is 1.62 bits per heavy atom. The molecular weight excluding hydrogens is 126 g/mol. The average molecular weight is 135 g/mol. The van der Waals surface area contributed by atoms with Crippen molar-refractivity contribution in [2.75, 3.05) is 5.73 Å². The molecule has 0 aliphatic heterocycles. The van der Waals surface area contributed by atoms with Gasteiger partial charge in [-0.15, -0.1) is 0 Å². The van der Waals surface area contributed by atoms with Crippen LogP contribution in [0.2, 0.25) is 0 Å². The van der Waals surface area contributed by atoms with Gasteiger partial charge in [0.1, 0.15) is 0 Å². The van der Waals surface area contributed by atoms with Gasteiger partial charge < -0.3 is 8.59 Å². The predicted octanol–water partition coefficient (Wildman–Crippen LogP) is 1.11. The van der Waals surface area contributed by atoms with Gasteiger partial charge in [-0.3, -0.25) is 0 Å². The van der Waals surface area contributed by atoms with Gasteiger partial charge in [-0.1, -0.05) is 18.2 Å². The van der Waals surface area contributed by atoms with Crippen LogP contribution in [0.1, 0.15) is 2.85 Å². The van der Waals surface area contributed by atoms with Gasteiger partial charge in [0.15, 0.2) is 0 Å². The Labute approximate surface area is 81.9 Å². The first-order valence-electron chi connectivity index (χ1n) is 2.20. The Kier molecular flexibility index (Phi) is 4.33. The summed E-state index contributed by atoms with van der Waals surface area (Å²) in [5, 5.41) is 0. The number of anilines is 1. The maximum Gasteiger partial charge on any atom is 2.00 e. The van der Waals surface area contributed by atoms with Gasteiger partial charge >= 0.3 is 37.7 Å². The minimum Gasteiger partial charge on any atom is -1.00 e. The van der Waals surface area contributed by atoms with Crippen molar-refractivity contribution < 1.29 is 2.85 Å². The van der Waals surface area contributed by atoms with Crippen LogP contribution < -0.4 is 5.73 Å². The first-order valence-corrected chi connectivity index (χ1v) is 2.20. The summed E-state index contributed by atoms with van der Waals surface area (Å²) in [5.41, 5.74) is 6.18. The molecule has 1 rings (SSSR count). The quantitative estimate of drug-likeness (QED) is 0.418. The molecule has 0 aliphatic rings. The fraction of sp³-hybridized carbons (Fsp3) is 0. The molecule has 0 aromatic heterocycles. The zero-order valence-electron chi connectivity index (χ0n) is 6.67. The molecule has 0 aliphatic carbocycles. The van der Waals surface area contributed by atoms with Crippen LogP contribution in [-0.4, -0.2) is 37.7 Å². The predicted molar refractivity (Wildman–Crippen MR) is 38.8 cm³/mol. The molecule has 0 spiro atoms. The van der Waals surface area contributed by atoms with E-state index >= 15 is 0 Å². The summed E-state index contributed by atoms with van der Waals surface area (Å²) >= 11 is 0. The first kappa shape index (κ1) is 8.28. The SMILES string of the molecule is Nc1ccccc1.[Ca+2].[H-].[H-]. The van der Waals surface area contributed by atoms with Crippen LogP contribution in [0.4, 0.5) is 5.69 Å². The van der Waals surface area contributed by atoms with E-state index < -0.39 is 0 Å². The minimum absolute atomic E-state index is 0. The van der Waals surface area contributed by atoms with Crippen LogP contribution in [0, 0.1) is 0 Å². The maximum absolute atomic E-state index is 5.36. The molecule has 0 amide bonds. The van der Waals surface area contributed by atoms with Crippen molar-refractivity contribution in [3.05, 3.63) is 30.3 Å². The van der Waals surface area contributed by atoms with E-state index in [1.165, 1.54) is 0 Å². The van der Waals surface area contributed by atoms with Gasteiger partial charge in [-0.25, -0.2) is 0 Å². The molecule has 0 unspecified atom stereocenters. The number of para-hydroxylation sites is 1. The van der Waals surface area contributed by atoms with Crippen molar-refractivity contribution in [3.63, 3.8) is 0 Å². The smallest absolute Gasteiger partial charge is 1.00 e. The third-order valence-electron chi connectivity index (χ3n) is 0.800. The first-order chi connectivity index (χ1) is 3.39. The molecule has 0 radical (unpaired) electrons. The molecule has 0 fully saturated rings. The van der Waals surface area contributed by atoms with E-state index in [2.05, 4.69) is 0 Å². The Balaban J connectivity index is -0.000000163. The van der Waals surface area contributed by atoms with E-state index in [1.807, 2.05) is 30.3 Å². The summed E-state index contributed by atoms with van der Waals surface area (Å²) in [4.78, 5) is 0. The number of hydrogen-bond donors (Lipinski definition) is 1. The van der Waals surface area contributed by atoms with Gasteiger partial charge in [0.2, 0.25) is 0 Å². The van der Waals surface area contributed by atoms with E-state index in [4.69, 9.17) is 5.73 Å². The topological polar surface area (TPSA) is 26.0 Å². The maximum atomic E-state index is 5.36. The van der Waals surface area contributed by atoms with E-state index in [9.17, 15) is 0 Å². The molecular formula is C6H9CaN. The summed E-state index contributed by atoms with van der Waals surface area (Å²) in [7, 11) is 0. The number of nitrogen functional groups attached to an aromatic ring is 1. The van der Waals surface area contributed by atoms with E-state index in [-0.39, 0.29) is 40.6 Å². The summed E-state index contributed by atoms with van der Waals surface area (Å²) in [6, 6.07) is 9.49. The van der Waals surface area contributed by atoms with Crippen LogP contribution in [-0.2, 0) is 0 Å². The minimum atomic E-state index is 0. The summed E-state index contributed by atoms with van der Waals surface area (Å²) in [5.74, 6) is 0. The molecule has 2 heteroatoms. The van der Waals surface area contributed by atoms with Crippen LogP contribution in [0.15, 0.2) is 30.3 Å². The van der Waals surface area contributed by atoms with Crippen LogP contribution >= 0.6 is 0 Å². The monoisotopic (exact) mass is 135 g/mol. The molecule has 0 heterocycles. The van der Waals surface area contributed by atoms with Gasteiger partial charge in [0.25, 0.3) is 0 Å². The molecule has 1 aromatic rings. The fourth-order valence-corrected chi connectivity index (χ4v) is 0.453. The molecule has 0 saturated heterocycles. The Hall–Kier alpha value is 0.280. The van der Waals surface area contributed by atoms with Gasteiger partial charge in [0, 0.05) is 5.69 Å². The standard InChI is InChI=1S/C6H7N.Ca.2H/c7-6-4-2-1-3-5-6;;;/h1-5H,7H2;;;/q;+2;2*-1. The average Bonchev–Trinajstić information content (AvgIpc) is 1.69. The molecule has 0 bridgehead atoms. The number of hydrogen-bond acceptors (Lipinski definition) is 1. The molecule has 1 nitrogen and oxygen atoms in total.